The van der Waals surface area contributed by atoms with Crippen molar-refractivity contribution in [3.05, 3.63) is 17.7 Å². The second-order valence-corrected chi connectivity index (χ2v) is 5.45. The molecule has 1 aromatic heterocycles. The van der Waals surface area contributed by atoms with Crippen LogP contribution in [-0.4, -0.2) is 42.7 Å². The summed E-state index contributed by atoms with van der Waals surface area (Å²) in [5.74, 6) is 0.928. The molecule has 1 heterocycles. The van der Waals surface area contributed by atoms with E-state index in [1.54, 1.807) is 13.3 Å². The quantitative estimate of drug-likeness (QED) is 0.767. The number of anilines is 1. The lowest BCUT2D eigenvalue weighted by Crippen LogP contribution is -2.31. The molecule has 0 saturated heterocycles. The van der Waals surface area contributed by atoms with Gasteiger partial charge >= 0.3 is 0 Å². The van der Waals surface area contributed by atoms with Gasteiger partial charge in [-0.2, -0.15) is 0 Å². The molecule has 2 N–H and O–H groups in total. The molecule has 6 nitrogen and oxygen atoms in total. The molecule has 0 bridgehead atoms. The molecule has 1 unspecified atom stereocenters. The van der Waals surface area contributed by atoms with Gasteiger partial charge in [-0.1, -0.05) is 20.8 Å². The lowest BCUT2D eigenvalue weighted by molar-refractivity contribution is 0.0929. The monoisotopic (exact) mass is 294 g/mol. The van der Waals surface area contributed by atoms with Gasteiger partial charge in [-0.25, -0.2) is 9.97 Å². The Kier molecular flexibility index (Phi) is 7.08. The molecule has 1 amide bonds. The Morgan fingerprint density at radius 1 is 1.38 bits per heavy atom. The Morgan fingerprint density at radius 3 is 2.67 bits per heavy atom. The molecule has 1 rings (SSSR count). The molecule has 0 fully saturated rings. The van der Waals surface area contributed by atoms with Gasteiger partial charge in [-0.15, -0.1) is 0 Å². The highest BCUT2D eigenvalue weighted by Gasteiger charge is 2.16. The summed E-state index contributed by atoms with van der Waals surface area (Å²) in [5, 5.41) is 6.02. The molecule has 0 aliphatic heterocycles. The van der Waals surface area contributed by atoms with Crippen LogP contribution in [0.3, 0.4) is 0 Å². The number of amides is 1. The van der Waals surface area contributed by atoms with E-state index in [9.17, 15) is 4.79 Å². The zero-order valence-electron chi connectivity index (χ0n) is 13.6. The van der Waals surface area contributed by atoms with Gasteiger partial charge in [-0.3, -0.25) is 4.79 Å². The van der Waals surface area contributed by atoms with E-state index in [4.69, 9.17) is 4.74 Å². The maximum Gasteiger partial charge on any atom is 0.272 e. The highest BCUT2D eigenvalue weighted by atomic mass is 16.5. The third kappa shape index (κ3) is 5.30. The highest BCUT2D eigenvalue weighted by Crippen LogP contribution is 2.16. The molecule has 6 heteroatoms. The van der Waals surface area contributed by atoms with Crippen molar-refractivity contribution in [2.24, 2.45) is 5.92 Å². The summed E-state index contributed by atoms with van der Waals surface area (Å²) in [7, 11) is 1.65. The molecule has 1 aromatic rings. The topological polar surface area (TPSA) is 76.1 Å². The molecule has 21 heavy (non-hydrogen) atoms. The first-order valence-corrected chi connectivity index (χ1v) is 7.37. The smallest absolute Gasteiger partial charge is 0.272 e. The van der Waals surface area contributed by atoms with Gasteiger partial charge in [0.05, 0.1) is 18.5 Å². The molecule has 1 atom stereocenters. The van der Waals surface area contributed by atoms with E-state index in [-0.39, 0.29) is 17.7 Å². The van der Waals surface area contributed by atoms with Crippen LogP contribution in [0.15, 0.2) is 6.20 Å². The van der Waals surface area contributed by atoms with Crippen LogP contribution in [0.1, 0.15) is 49.9 Å². The number of nitrogens with one attached hydrogen (secondary N) is 2. The summed E-state index contributed by atoms with van der Waals surface area (Å²) in [6.45, 7) is 9.88. The maximum absolute atomic E-state index is 12.3. The number of rotatable bonds is 8. The van der Waals surface area contributed by atoms with Crippen LogP contribution < -0.4 is 10.6 Å². The second kappa shape index (κ2) is 8.56. The fourth-order valence-electron chi connectivity index (χ4n) is 1.86. The predicted octanol–water partition coefficient (Wildman–Crippen LogP) is 2.04. The van der Waals surface area contributed by atoms with Crippen molar-refractivity contribution in [1.29, 1.82) is 0 Å². The van der Waals surface area contributed by atoms with Crippen molar-refractivity contribution >= 4 is 11.6 Å². The fourth-order valence-corrected chi connectivity index (χ4v) is 1.86. The summed E-state index contributed by atoms with van der Waals surface area (Å²) in [6.07, 6.45) is 1.68. The third-order valence-electron chi connectivity index (χ3n) is 2.97. The fraction of sp³-hybridized carbons (Fsp3) is 0.667. The van der Waals surface area contributed by atoms with Crippen LogP contribution >= 0.6 is 0 Å². The molecular weight excluding hydrogens is 268 g/mol. The van der Waals surface area contributed by atoms with Gasteiger partial charge < -0.3 is 15.4 Å². The van der Waals surface area contributed by atoms with E-state index in [0.29, 0.717) is 36.9 Å². The molecule has 0 aliphatic carbocycles. The van der Waals surface area contributed by atoms with E-state index in [1.807, 2.05) is 27.7 Å². The number of carbonyl (C=O) groups excluding carboxylic acids is 1. The van der Waals surface area contributed by atoms with Crippen molar-refractivity contribution in [2.75, 3.05) is 32.1 Å². The van der Waals surface area contributed by atoms with Gasteiger partial charge in [0, 0.05) is 26.1 Å². The van der Waals surface area contributed by atoms with Crippen molar-refractivity contribution in [3.8, 4) is 0 Å². The van der Waals surface area contributed by atoms with Crippen LogP contribution in [0, 0.1) is 5.92 Å². The average molecular weight is 294 g/mol. The number of hydrogen-bond donors (Lipinski definition) is 2. The molecule has 0 saturated carbocycles. The van der Waals surface area contributed by atoms with Gasteiger partial charge in [0.15, 0.2) is 5.69 Å². The third-order valence-corrected chi connectivity index (χ3v) is 2.97. The van der Waals surface area contributed by atoms with Crippen LogP contribution in [0.2, 0.25) is 0 Å². The minimum atomic E-state index is -0.182. The minimum Gasteiger partial charge on any atom is -0.384 e. The number of aromatic nitrogens is 2. The predicted molar refractivity (Wildman–Crippen MR) is 83.7 cm³/mol. The molecule has 0 aliphatic rings. The first-order chi connectivity index (χ1) is 9.99. The first-order valence-electron chi connectivity index (χ1n) is 7.37. The van der Waals surface area contributed by atoms with Crippen molar-refractivity contribution in [3.63, 3.8) is 0 Å². The largest absolute Gasteiger partial charge is 0.384 e. The molecular formula is C15H26N4O2. The van der Waals surface area contributed by atoms with Gasteiger partial charge in [-0.05, 0) is 12.8 Å². The van der Waals surface area contributed by atoms with Crippen molar-refractivity contribution < 1.29 is 9.53 Å². The first kappa shape index (κ1) is 17.4. The Balaban J connectivity index is 2.86. The van der Waals surface area contributed by atoms with E-state index in [1.165, 1.54) is 0 Å². The molecule has 0 aromatic carbocycles. The summed E-state index contributed by atoms with van der Waals surface area (Å²) in [4.78, 5) is 21.0. The Morgan fingerprint density at radius 2 is 2.10 bits per heavy atom. The number of ether oxygens (including phenoxy) is 1. The Hall–Kier alpha value is -1.69. The van der Waals surface area contributed by atoms with Gasteiger partial charge in [0.25, 0.3) is 5.91 Å². The number of carbonyl (C=O) groups is 1. The Labute approximate surface area is 126 Å². The molecule has 118 valence electrons. The Bertz CT molecular complexity index is 463. The van der Waals surface area contributed by atoms with Gasteiger partial charge in [0.2, 0.25) is 0 Å². The van der Waals surface area contributed by atoms with Gasteiger partial charge in [0.1, 0.15) is 5.82 Å². The summed E-state index contributed by atoms with van der Waals surface area (Å²) in [6, 6.07) is 0. The van der Waals surface area contributed by atoms with Crippen LogP contribution in [0.25, 0.3) is 0 Å². The van der Waals surface area contributed by atoms with Crippen LogP contribution in [0.4, 0.5) is 5.69 Å². The van der Waals surface area contributed by atoms with E-state index in [0.717, 1.165) is 0 Å². The summed E-state index contributed by atoms with van der Waals surface area (Å²) >= 11 is 0. The van der Waals surface area contributed by atoms with Crippen molar-refractivity contribution in [1.82, 2.24) is 15.3 Å². The SMILES string of the molecule is CCNc1cnc(C(C)C)nc1C(=O)NCC(C)COC. The number of nitrogens with zero attached hydrogens (tertiary/aromatic N) is 2. The highest BCUT2D eigenvalue weighted by molar-refractivity contribution is 5.97. The molecule has 0 spiro atoms. The summed E-state index contributed by atoms with van der Waals surface area (Å²) in [5.41, 5.74) is 1.07. The van der Waals surface area contributed by atoms with Crippen LogP contribution in [-0.2, 0) is 4.74 Å². The minimum absolute atomic E-state index is 0.180. The normalized spacial score (nSPS) is 12.3. The van der Waals surface area contributed by atoms with Crippen molar-refractivity contribution in [2.45, 2.75) is 33.6 Å². The molecule has 0 radical (unpaired) electrons. The lowest BCUT2D eigenvalue weighted by atomic mass is 10.2. The van der Waals surface area contributed by atoms with E-state index < -0.39 is 0 Å². The van der Waals surface area contributed by atoms with E-state index in [2.05, 4.69) is 20.6 Å². The second-order valence-electron chi connectivity index (χ2n) is 5.45. The standard InChI is InChI=1S/C15H26N4O2/c1-6-16-12-8-17-14(10(2)3)19-13(12)15(20)18-7-11(4)9-21-5/h8,10-11,16H,6-7,9H2,1-5H3,(H,18,20). The average Bonchev–Trinajstić information content (AvgIpc) is 2.45. The summed E-state index contributed by atoms with van der Waals surface area (Å²) < 4.78 is 5.07. The lowest BCUT2D eigenvalue weighted by Gasteiger charge is -2.14. The zero-order valence-corrected chi connectivity index (χ0v) is 13.6. The number of methoxy groups -OCH3 is 1. The van der Waals surface area contributed by atoms with E-state index >= 15 is 0 Å². The van der Waals surface area contributed by atoms with Crippen LogP contribution in [0.5, 0.6) is 0 Å². The zero-order chi connectivity index (χ0) is 15.8. The number of hydrogen-bond acceptors (Lipinski definition) is 5. The maximum atomic E-state index is 12.3.